The Labute approximate surface area is 165 Å². The lowest BCUT2D eigenvalue weighted by atomic mass is 9.89. The van der Waals surface area contributed by atoms with Crippen LogP contribution in [-0.2, 0) is 0 Å². The Morgan fingerprint density at radius 1 is 1.30 bits per heavy atom. The minimum atomic E-state index is -0.620. The molecule has 2 saturated heterocycles. The van der Waals surface area contributed by atoms with Gasteiger partial charge in [-0.25, -0.2) is 9.59 Å². The van der Waals surface area contributed by atoms with Gasteiger partial charge in [-0.2, -0.15) is 0 Å². The van der Waals surface area contributed by atoms with Crippen molar-refractivity contribution in [1.82, 2.24) is 9.38 Å². The van der Waals surface area contributed by atoms with Gasteiger partial charge in [-0.3, -0.25) is 9.80 Å². The summed E-state index contributed by atoms with van der Waals surface area (Å²) in [5, 5.41) is 0.512. The fraction of sp³-hybridized carbons (Fsp3) is 0.600. The number of hydrogen-bond donors (Lipinski definition) is 1. The number of halogens is 1. The van der Waals surface area contributed by atoms with Crippen LogP contribution >= 0.6 is 11.6 Å². The van der Waals surface area contributed by atoms with Crippen LogP contribution in [0, 0.1) is 0 Å². The number of nitrogens with two attached hydrogens (primary N) is 1. The van der Waals surface area contributed by atoms with E-state index in [9.17, 15) is 9.59 Å². The minimum Gasteiger partial charge on any atom is -0.318 e. The van der Waals surface area contributed by atoms with Crippen LogP contribution in [0.1, 0.15) is 46.0 Å². The quantitative estimate of drug-likeness (QED) is 0.786. The van der Waals surface area contributed by atoms with Crippen LogP contribution in [0.4, 0.5) is 21.0 Å². The number of carbonyl (C=O) groups is 2. The topological polar surface area (TPSA) is 66.6 Å². The second-order valence-corrected chi connectivity index (χ2v) is 8.86. The second-order valence-electron chi connectivity index (χ2n) is 8.42. The van der Waals surface area contributed by atoms with Gasteiger partial charge < -0.3 is 5.73 Å². The highest BCUT2D eigenvalue weighted by Gasteiger charge is 2.59. The molecule has 0 radical (unpaired) electrons. The normalized spacial score (nSPS) is 26.7. The first-order valence-corrected chi connectivity index (χ1v) is 10.3. The van der Waals surface area contributed by atoms with Gasteiger partial charge in [-0.05, 0) is 64.8 Å². The van der Waals surface area contributed by atoms with E-state index >= 15 is 0 Å². The molecular formula is C20H28ClN4O2+. The molecule has 3 aliphatic heterocycles. The number of anilines is 1. The zero-order chi connectivity index (χ0) is 19.4. The summed E-state index contributed by atoms with van der Waals surface area (Å²) < 4.78 is -0.455. The number of amides is 4. The highest BCUT2D eigenvalue weighted by atomic mass is 35.5. The number of carbonyl (C=O) groups excluding carboxylic acids is 2. The number of rotatable bonds is 4. The smallest absolute Gasteiger partial charge is 0.318 e. The summed E-state index contributed by atoms with van der Waals surface area (Å²) in [5.41, 5.74) is 7.37. The fourth-order valence-corrected chi connectivity index (χ4v) is 5.61. The first-order valence-electron chi connectivity index (χ1n) is 9.89. The summed E-state index contributed by atoms with van der Waals surface area (Å²) in [6.07, 6.45) is 5.43. The lowest BCUT2D eigenvalue weighted by molar-refractivity contribution is 0.159. The Morgan fingerprint density at radius 3 is 2.56 bits per heavy atom. The van der Waals surface area contributed by atoms with Gasteiger partial charge >= 0.3 is 12.1 Å². The van der Waals surface area contributed by atoms with Gasteiger partial charge in [0.25, 0.3) is 0 Å². The van der Waals surface area contributed by atoms with E-state index in [0.29, 0.717) is 17.3 Å². The van der Waals surface area contributed by atoms with Gasteiger partial charge in [0.05, 0.1) is 0 Å². The maximum atomic E-state index is 13.5. The molecule has 2 N–H and O–H groups in total. The predicted octanol–water partition coefficient (Wildman–Crippen LogP) is 4.09. The van der Waals surface area contributed by atoms with Gasteiger partial charge in [-0.15, -0.1) is 4.48 Å². The molecule has 1 aromatic carbocycles. The summed E-state index contributed by atoms with van der Waals surface area (Å²) >= 11 is 6.25. The number of fused-ring (bicyclic) bond motifs is 2. The van der Waals surface area contributed by atoms with Crippen LogP contribution in [0.2, 0.25) is 5.02 Å². The molecule has 7 heteroatoms. The molecule has 1 unspecified atom stereocenters. The van der Waals surface area contributed by atoms with Crippen LogP contribution in [0.25, 0.3) is 0 Å². The molecule has 1 aromatic rings. The Hall–Kier alpha value is -1.63. The van der Waals surface area contributed by atoms with Crippen molar-refractivity contribution in [3.63, 3.8) is 0 Å². The van der Waals surface area contributed by atoms with E-state index in [1.54, 1.807) is 17.0 Å². The van der Waals surface area contributed by atoms with Crippen LogP contribution in [0.3, 0.4) is 0 Å². The SMILES string of the molecule is CC(C)N1C(=O)[N+](CCC23CCCN2CCC3)(C(N)=O)c2cc(Cl)ccc21. The highest BCUT2D eigenvalue weighted by molar-refractivity contribution is 6.32. The van der Waals surface area contributed by atoms with Crippen molar-refractivity contribution in [3.05, 3.63) is 23.2 Å². The van der Waals surface area contributed by atoms with E-state index < -0.39 is 10.5 Å². The maximum absolute atomic E-state index is 13.5. The van der Waals surface area contributed by atoms with Gasteiger partial charge in [0.2, 0.25) is 0 Å². The van der Waals surface area contributed by atoms with Crippen molar-refractivity contribution in [1.29, 1.82) is 0 Å². The van der Waals surface area contributed by atoms with E-state index in [-0.39, 0.29) is 17.6 Å². The first kappa shape index (κ1) is 18.7. The second kappa shape index (κ2) is 6.47. The molecule has 3 aliphatic rings. The lowest BCUT2D eigenvalue weighted by Gasteiger charge is -2.35. The van der Waals surface area contributed by atoms with Gasteiger partial charge in [0, 0.05) is 29.1 Å². The summed E-state index contributed by atoms with van der Waals surface area (Å²) in [7, 11) is 0. The number of nitrogens with zero attached hydrogens (tertiary/aromatic N) is 3. The van der Waals surface area contributed by atoms with Gasteiger partial charge in [0.15, 0.2) is 5.69 Å². The highest BCUT2D eigenvalue weighted by Crippen LogP contribution is 2.48. The molecule has 4 amide bonds. The van der Waals surface area contributed by atoms with E-state index in [0.717, 1.165) is 38.0 Å². The van der Waals surface area contributed by atoms with E-state index in [1.165, 1.54) is 12.8 Å². The van der Waals surface area contributed by atoms with Crippen LogP contribution < -0.4 is 15.1 Å². The van der Waals surface area contributed by atoms with Crippen molar-refractivity contribution < 1.29 is 9.59 Å². The number of imide groups is 1. The summed E-state index contributed by atoms with van der Waals surface area (Å²) in [5.74, 6) is 0. The Morgan fingerprint density at radius 2 is 1.96 bits per heavy atom. The molecule has 4 rings (SSSR count). The van der Waals surface area contributed by atoms with Crippen LogP contribution in [-0.4, -0.2) is 48.2 Å². The van der Waals surface area contributed by atoms with Crippen molar-refractivity contribution >= 4 is 35.0 Å². The van der Waals surface area contributed by atoms with E-state index in [2.05, 4.69) is 4.90 Å². The molecule has 0 saturated carbocycles. The molecule has 27 heavy (non-hydrogen) atoms. The molecule has 0 spiro atoms. The average Bonchev–Trinajstić information content (AvgIpc) is 3.22. The van der Waals surface area contributed by atoms with Gasteiger partial charge in [-0.1, -0.05) is 11.6 Å². The van der Waals surface area contributed by atoms with E-state index in [4.69, 9.17) is 17.3 Å². The van der Waals surface area contributed by atoms with Crippen molar-refractivity contribution in [3.8, 4) is 0 Å². The third-order valence-corrected chi connectivity index (χ3v) is 6.99. The number of primary amides is 1. The van der Waals surface area contributed by atoms with Gasteiger partial charge in [0.1, 0.15) is 12.2 Å². The monoisotopic (exact) mass is 391 g/mol. The number of quaternary nitrogens is 1. The largest absolute Gasteiger partial charge is 0.438 e. The molecular weight excluding hydrogens is 364 g/mol. The number of benzene rings is 1. The molecule has 0 aliphatic carbocycles. The van der Waals surface area contributed by atoms with Crippen molar-refractivity contribution in [2.75, 3.05) is 24.5 Å². The minimum absolute atomic E-state index is 0.0654. The average molecular weight is 392 g/mol. The number of urea groups is 2. The maximum Gasteiger partial charge on any atom is 0.438 e. The number of hydrogen-bond acceptors (Lipinski definition) is 3. The Bertz CT molecular complexity index is 786. The third-order valence-electron chi connectivity index (χ3n) is 6.76. The molecule has 146 valence electrons. The first-order chi connectivity index (χ1) is 12.8. The fourth-order valence-electron chi connectivity index (χ4n) is 5.44. The molecule has 6 nitrogen and oxygen atoms in total. The molecule has 1 atom stereocenters. The van der Waals surface area contributed by atoms with Crippen LogP contribution in [0.15, 0.2) is 18.2 Å². The lowest BCUT2D eigenvalue weighted by Crippen LogP contribution is -2.64. The van der Waals surface area contributed by atoms with E-state index in [1.807, 2.05) is 19.9 Å². The Balaban J connectivity index is 1.76. The predicted molar refractivity (Wildman–Crippen MR) is 108 cm³/mol. The van der Waals surface area contributed by atoms with Crippen molar-refractivity contribution in [2.24, 2.45) is 5.73 Å². The molecule has 3 heterocycles. The zero-order valence-corrected chi connectivity index (χ0v) is 16.8. The molecule has 0 aromatic heterocycles. The summed E-state index contributed by atoms with van der Waals surface area (Å²) in [6, 6.07) is 4.39. The standard InChI is InChI=1S/C20H27ClN4O2/c1-14(2)24-16-6-5-15(21)13-17(16)25(18(22)26,19(24)27)12-9-20-7-3-10-23(20)11-4-8-20/h5-6,13-14H,3-4,7-12H2,1-2H3,(H-,22,26)/p+1. The van der Waals surface area contributed by atoms with Crippen LogP contribution in [0.5, 0.6) is 0 Å². The van der Waals surface area contributed by atoms with Crippen molar-refractivity contribution in [2.45, 2.75) is 57.5 Å². The summed E-state index contributed by atoms with van der Waals surface area (Å²) in [4.78, 5) is 30.5. The summed E-state index contributed by atoms with van der Waals surface area (Å²) in [6.45, 7) is 6.52. The Kier molecular flexibility index (Phi) is 4.48. The molecule has 2 fully saturated rings. The third kappa shape index (κ3) is 2.61. The molecule has 0 bridgehead atoms. The zero-order valence-electron chi connectivity index (χ0n) is 16.1.